The Hall–Kier alpha value is -3.90. The lowest BCUT2D eigenvalue weighted by Crippen LogP contribution is -2.56. The number of anilines is 3. The average molecular weight is 606 g/mol. The molecule has 2 amide bonds. The Balaban J connectivity index is 1.25. The number of carbonyl (C=O) groups excluding carboxylic acids is 2. The van der Waals surface area contributed by atoms with Crippen LogP contribution >= 0.6 is 22.7 Å². The molecule has 218 valence electrons. The van der Waals surface area contributed by atoms with E-state index in [-0.39, 0.29) is 24.4 Å². The Morgan fingerprint density at radius 1 is 1.17 bits per heavy atom. The SMILES string of the molecule is CCc1nc2sc(N3CC(N(C)CC(=O)N4CC(O)C4)CC3=O)nn2c1N(C)c1nc(-c2ccc(C)cc2)c(C#N)s1. The summed E-state index contributed by atoms with van der Waals surface area (Å²) < 4.78 is 1.75. The molecule has 1 aromatic carbocycles. The lowest BCUT2D eigenvalue weighted by Gasteiger charge is -2.37. The fourth-order valence-electron chi connectivity index (χ4n) is 5.25. The molecule has 5 heterocycles. The fraction of sp³-hybridized carbons (Fsp3) is 0.429. The van der Waals surface area contributed by atoms with Crippen LogP contribution in [-0.2, 0) is 16.0 Å². The number of β-amino-alcohol motifs (C(OH)–C–C–N with tert-alkyl or cyclic N) is 1. The highest BCUT2D eigenvalue weighted by Crippen LogP contribution is 2.38. The summed E-state index contributed by atoms with van der Waals surface area (Å²) in [5, 5.41) is 25.3. The van der Waals surface area contributed by atoms with E-state index in [0.717, 1.165) is 22.6 Å². The van der Waals surface area contributed by atoms with E-state index in [9.17, 15) is 20.0 Å². The molecule has 1 unspecified atom stereocenters. The number of benzene rings is 1. The summed E-state index contributed by atoms with van der Waals surface area (Å²) in [5.41, 5.74) is 3.50. The number of fused-ring (bicyclic) bond motifs is 1. The van der Waals surface area contributed by atoms with Gasteiger partial charge in [-0.15, -0.1) is 5.10 Å². The summed E-state index contributed by atoms with van der Waals surface area (Å²) >= 11 is 2.66. The molecule has 42 heavy (non-hydrogen) atoms. The lowest BCUT2D eigenvalue weighted by atomic mass is 10.1. The number of nitrogens with zero attached hydrogens (tertiary/aromatic N) is 9. The molecule has 2 aliphatic heterocycles. The summed E-state index contributed by atoms with van der Waals surface area (Å²) in [4.78, 5) is 43.5. The number of amides is 2. The maximum absolute atomic E-state index is 13.1. The van der Waals surface area contributed by atoms with Gasteiger partial charge < -0.3 is 14.9 Å². The van der Waals surface area contributed by atoms with Gasteiger partial charge in [0.05, 0.1) is 18.3 Å². The number of likely N-dealkylation sites (tertiary alicyclic amines) is 1. The van der Waals surface area contributed by atoms with Crippen LogP contribution in [0.3, 0.4) is 0 Å². The van der Waals surface area contributed by atoms with Crippen LogP contribution in [0.2, 0.25) is 0 Å². The minimum atomic E-state index is -0.442. The predicted molar refractivity (Wildman–Crippen MR) is 161 cm³/mol. The molecule has 2 aliphatic rings. The number of rotatable bonds is 8. The van der Waals surface area contributed by atoms with Crippen LogP contribution in [0.15, 0.2) is 24.3 Å². The number of hydrogen-bond donors (Lipinski definition) is 1. The second-order valence-electron chi connectivity index (χ2n) is 10.8. The van der Waals surface area contributed by atoms with Crippen molar-refractivity contribution in [3.8, 4) is 17.3 Å². The number of carbonyl (C=O) groups is 2. The van der Waals surface area contributed by atoms with Crippen molar-refractivity contribution in [2.24, 2.45) is 0 Å². The molecule has 0 saturated carbocycles. The Kier molecular flexibility index (Phi) is 7.44. The number of imidazole rings is 1. The van der Waals surface area contributed by atoms with Gasteiger partial charge in [-0.25, -0.2) is 9.97 Å². The summed E-state index contributed by atoms with van der Waals surface area (Å²) in [5.74, 6) is 0.641. The number of hydrogen-bond acceptors (Lipinski definition) is 11. The number of aliphatic hydroxyl groups excluding tert-OH is 1. The van der Waals surface area contributed by atoms with Crippen molar-refractivity contribution >= 4 is 55.5 Å². The Labute approximate surface area is 251 Å². The van der Waals surface area contributed by atoms with E-state index in [0.29, 0.717) is 58.3 Å². The number of likely N-dealkylation sites (N-methyl/N-ethyl adjacent to an activating group) is 1. The normalized spacial score (nSPS) is 17.4. The Morgan fingerprint density at radius 2 is 1.90 bits per heavy atom. The number of aryl methyl sites for hydroxylation is 2. The number of aromatic nitrogens is 4. The molecule has 14 heteroatoms. The molecule has 0 radical (unpaired) electrons. The van der Waals surface area contributed by atoms with Gasteiger partial charge in [-0.05, 0) is 20.4 Å². The van der Waals surface area contributed by atoms with Gasteiger partial charge >= 0.3 is 0 Å². The number of nitriles is 1. The van der Waals surface area contributed by atoms with Crippen molar-refractivity contribution in [2.45, 2.75) is 38.8 Å². The smallest absolute Gasteiger partial charge is 0.236 e. The molecule has 0 bridgehead atoms. The van der Waals surface area contributed by atoms with Crippen LogP contribution in [0.1, 0.15) is 29.5 Å². The first-order valence-electron chi connectivity index (χ1n) is 13.7. The molecule has 2 saturated heterocycles. The van der Waals surface area contributed by atoms with Crippen LogP contribution in [-0.4, -0.2) is 98.7 Å². The third-order valence-electron chi connectivity index (χ3n) is 7.78. The standard InChI is InChI=1S/C28H31N9O3S2/c1-5-20-25(34(4)26-31-24(21(11-29)41-26)17-8-6-16(2)7-9-17)37-27(30-20)42-28(32-37)36-12-18(10-22(36)39)33(3)15-23(40)35-13-19(38)14-35/h6-9,18-19,38H,5,10,12-15H2,1-4H3. The van der Waals surface area contributed by atoms with E-state index in [1.165, 1.54) is 22.7 Å². The third-order valence-corrected chi connectivity index (χ3v) is 9.75. The first-order valence-corrected chi connectivity index (χ1v) is 15.4. The highest BCUT2D eigenvalue weighted by Gasteiger charge is 2.37. The van der Waals surface area contributed by atoms with Gasteiger partial charge in [-0.1, -0.05) is 59.4 Å². The molecule has 1 N–H and O–H groups in total. The zero-order valence-electron chi connectivity index (χ0n) is 23.8. The fourth-order valence-corrected chi connectivity index (χ4v) is 7.04. The maximum Gasteiger partial charge on any atom is 0.236 e. The van der Waals surface area contributed by atoms with Crippen molar-refractivity contribution in [1.29, 1.82) is 5.26 Å². The van der Waals surface area contributed by atoms with Crippen LogP contribution in [0.25, 0.3) is 16.2 Å². The van der Waals surface area contributed by atoms with Gasteiger partial charge in [0.25, 0.3) is 0 Å². The predicted octanol–water partition coefficient (Wildman–Crippen LogP) is 2.66. The molecule has 6 rings (SSSR count). The quantitative estimate of drug-likeness (QED) is 0.322. The van der Waals surface area contributed by atoms with E-state index in [1.807, 2.05) is 62.0 Å². The second-order valence-corrected chi connectivity index (χ2v) is 12.7. The monoisotopic (exact) mass is 605 g/mol. The molecular weight excluding hydrogens is 575 g/mol. The molecule has 3 aromatic heterocycles. The molecule has 1 atom stereocenters. The van der Waals surface area contributed by atoms with Crippen LogP contribution in [0.4, 0.5) is 16.1 Å². The largest absolute Gasteiger partial charge is 0.389 e. The summed E-state index contributed by atoms with van der Waals surface area (Å²) in [7, 11) is 3.74. The minimum Gasteiger partial charge on any atom is -0.389 e. The zero-order valence-corrected chi connectivity index (χ0v) is 25.4. The van der Waals surface area contributed by atoms with Crippen molar-refractivity contribution in [3.63, 3.8) is 0 Å². The molecule has 12 nitrogen and oxygen atoms in total. The van der Waals surface area contributed by atoms with Crippen molar-refractivity contribution in [1.82, 2.24) is 29.4 Å². The minimum absolute atomic E-state index is 0.0477. The van der Waals surface area contributed by atoms with Gasteiger partial charge in [-0.2, -0.15) is 9.78 Å². The van der Waals surface area contributed by atoms with Crippen LogP contribution in [0.5, 0.6) is 0 Å². The zero-order chi connectivity index (χ0) is 29.7. The first-order chi connectivity index (χ1) is 20.2. The molecule has 4 aromatic rings. The van der Waals surface area contributed by atoms with Crippen molar-refractivity contribution in [2.75, 3.05) is 50.1 Å². The highest BCUT2D eigenvalue weighted by molar-refractivity contribution is 7.20. The van der Waals surface area contributed by atoms with Crippen LogP contribution in [0, 0.1) is 18.3 Å². The Bertz CT molecular complexity index is 1700. The van der Waals surface area contributed by atoms with Gasteiger partial charge in [0.2, 0.25) is 21.9 Å². The Morgan fingerprint density at radius 3 is 2.57 bits per heavy atom. The number of thiazole rings is 1. The van der Waals surface area contributed by atoms with E-state index in [4.69, 9.17) is 15.1 Å². The van der Waals surface area contributed by atoms with Gasteiger partial charge in [0, 0.05) is 44.7 Å². The van der Waals surface area contributed by atoms with Gasteiger partial charge in [-0.3, -0.25) is 19.4 Å². The summed E-state index contributed by atoms with van der Waals surface area (Å²) in [6, 6.07) is 10.1. The van der Waals surface area contributed by atoms with Crippen molar-refractivity contribution in [3.05, 3.63) is 40.4 Å². The lowest BCUT2D eigenvalue weighted by molar-refractivity contribution is -0.142. The molecule has 0 spiro atoms. The maximum atomic E-state index is 13.1. The topological polar surface area (TPSA) is 134 Å². The molecular formula is C28H31N9O3S2. The summed E-state index contributed by atoms with van der Waals surface area (Å²) in [6.45, 7) is 5.39. The van der Waals surface area contributed by atoms with Gasteiger partial charge in [0.1, 0.15) is 16.6 Å². The second kappa shape index (κ2) is 11.1. The van der Waals surface area contributed by atoms with E-state index >= 15 is 0 Å². The van der Waals surface area contributed by atoms with E-state index in [2.05, 4.69) is 6.07 Å². The molecule has 0 aliphatic carbocycles. The van der Waals surface area contributed by atoms with E-state index < -0.39 is 6.10 Å². The highest BCUT2D eigenvalue weighted by atomic mass is 32.1. The van der Waals surface area contributed by atoms with Crippen LogP contribution < -0.4 is 9.80 Å². The van der Waals surface area contributed by atoms with E-state index in [1.54, 1.807) is 14.3 Å². The number of aliphatic hydroxyl groups is 1. The van der Waals surface area contributed by atoms with Crippen molar-refractivity contribution < 1.29 is 14.7 Å². The van der Waals surface area contributed by atoms with Gasteiger partial charge in [0.15, 0.2) is 10.9 Å². The first kappa shape index (κ1) is 28.2. The molecule has 2 fully saturated rings. The summed E-state index contributed by atoms with van der Waals surface area (Å²) in [6.07, 6.45) is 0.520. The third kappa shape index (κ3) is 5.02. The average Bonchev–Trinajstić information content (AvgIpc) is 3.72.